The lowest BCUT2D eigenvalue weighted by Crippen LogP contribution is -2.29. The lowest BCUT2D eigenvalue weighted by molar-refractivity contribution is 0.0945. The number of benzene rings is 1. The van der Waals surface area contributed by atoms with Crippen molar-refractivity contribution in [3.63, 3.8) is 0 Å². The van der Waals surface area contributed by atoms with Crippen LogP contribution in [0.1, 0.15) is 19.4 Å². The summed E-state index contributed by atoms with van der Waals surface area (Å²) in [5.41, 5.74) is 7.26. The average Bonchev–Trinajstić information content (AvgIpc) is 2.22. The van der Waals surface area contributed by atoms with Crippen molar-refractivity contribution in [2.24, 2.45) is 5.11 Å². The first-order valence-electron chi connectivity index (χ1n) is 5.08. The first kappa shape index (κ1) is 14.1. The molecule has 0 spiro atoms. The molecule has 0 fully saturated rings. The SMILES string of the molecule is Cc1cc(N=N)c(NCC(C)(C)O)c(Br)c1F. The van der Waals surface area contributed by atoms with Crippen LogP contribution in [0.2, 0.25) is 0 Å². The molecule has 0 amide bonds. The maximum absolute atomic E-state index is 13.7. The van der Waals surface area contributed by atoms with Crippen molar-refractivity contribution in [1.29, 1.82) is 5.53 Å². The Kier molecular flexibility index (Phi) is 4.21. The van der Waals surface area contributed by atoms with E-state index in [0.29, 0.717) is 16.9 Å². The Morgan fingerprint density at radius 3 is 2.65 bits per heavy atom. The summed E-state index contributed by atoms with van der Waals surface area (Å²) in [7, 11) is 0. The van der Waals surface area contributed by atoms with Gasteiger partial charge in [0, 0.05) is 6.54 Å². The van der Waals surface area contributed by atoms with Crippen LogP contribution in [0.25, 0.3) is 0 Å². The lowest BCUT2D eigenvalue weighted by Gasteiger charge is -2.20. The van der Waals surface area contributed by atoms with E-state index >= 15 is 0 Å². The molecule has 0 radical (unpaired) electrons. The third-order valence-corrected chi connectivity index (χ3v) is 2.93. The van der Waals surface area contributed by atoms with E-state index in [4.69, 9.17) is 5.53 Å². The fourth-order valence-corrected chi connectivity index (χ4v) is 1.95. The van der Waals surface area contributed by atoms with Gasteiger partial charge in [0.15, 0.2) is 0 Å². The first-order valence-corrected chi connectivity index (χ1v) is 5.88. The molecular weight excluding hydrogens is 289 g/mol. The lowest BCUT2D eigenvalue weighted by atomic mass is 10.1. The number of nitrogens with zero attached hydrogens (tertiary/aromatic N) is 1. The zero-order chi connectivity index (χ0) is 13.2. The standard InChI is InChI=1S/C11H15BrFN3O/c1-6-4-7(16-14)10(8(12)9(6)13)15-5-11(2,3)17/h4,14-15,17H,5H2,1-3H3. The predicted octanol–water partition coefficient (Wildman–Crippen LogP) is 3.74. The first-order chi connectivity index (χ1) is 7.76. The minimum Gasteiger partial charge on any atom is -0.389 e. The molecule has 0 aromatic heterocycles. The summed E-state index contributed by atoms with van der Waals surface area (Å²) in [6, 6.07) is 1.49. The fourth-order valence-electron chi connectivity index (χ4n) is 1.30. The van der Waals surface area contributed by atoms with Crippen LogP contribution in [0.4, 0.5) is 15.8 Å². The molecule has 1 rings (SSSR count). The molecule has 0 atom stereocenters. The van der Waals surface area contributed by atoms with Crippen LogP contribution in [-0.2, 0) is 0 Å². The summed E-state index contributed by atoms with van der Waals surface area (Å²) < 4.78 is 13.9. The molecule has 1 aromatic carbocycles. The second kappa shape index (κ2) is 5.10. The molecule has 0 unspecified atom stereocenters. The summed E-state index contributed by atoms with van der Waals surface area (Å²) >= 11 is 3.13. The quantitative estimate of drug-likeness (QED) is 0.742. The monoisotopic (exact) mass is 303 g/mol. The third-order valence-electron chi connectivity index (χ3n) is 2.19. The molecule has 3 N–H and O–H groups in total. The highest BCUT2D eigenvalue weighted by molar-refractivity contribution is 9.10. The minimum absolute atomic E-state index is 0.229. The third kappa shape index (κ3) is 3.47. The molecule has 6 heteroatoms. The molecule has 0 saturated heterocycles. The predicted molar refractivity (Wildman–Crippen MR) is 68.4 cm³/mol. The fraction of sp³-hybridized carbons (Fsp3) is 0.455. The Morgan fingerprint density at radius 1 is 1.59 bits per heavy atom. The Bertz CT molecular complexity index is 443. The molecule has 0 aliphatic heterocycles. The van der Waals surface area contributed by atoms with E-state index in [1.807, 2.05) is 0 Å². The van der Waals surface area contributed by atoms with Gasteiger partial charge in [0.25, 0.3) is 0 Å². The summed E-state index contributed by atoms with van der Waals surface area (Å²) in [5.74, 6) is -0.393. The zero-order valence-corrected chi connectivity index (χ0v) is 11.5. The topological polar surface area (TPSA) is 68.5 Å². The van der Waals surface area contributed by atoms with Gasteiger partial charge in [0.05, 0.1) is 15.8 Å². The van der Waals surface area contributed by atoms with E-state index in [2.05, 4.69) is 26.4 Å². The average molecular weight is 304 g/mol. The van der Waals surface area contributed by atoms with Gasteiger partial charge in [0.2, 0.25) is 0 Å². The number of aryl methyl sites for hydroxylation is 1. The van der Waals surface area contributed by atoms with Crippen molar-refractivity contribution in [1.82, 2.24) is 0 Å². The molecule has 0 aliphatic rings. The normalized spacial score (nSPS) is 11.4. The Balaban J connectivity index is 3.13. The maximum Gasteiger partial charge on any atom is 0.142 e. The van der Waals surface area contributed by atoms with Crippen LogP contribution in [0, 0.1) is 18.3 Å². The van der Waals surface area contributed by atoms with Gasteiger partial charge in [-0.2, -0.15) is 5.11 Å². The van der Waals surface area contributed by atoms with E-state index < -0.39 is 11.4 Å². The molecule has 0 bridgehead atoms. The Labute approximate surface area is 108 Å². The van der Waals surface area contributed by atoms with E-state index in [1.54, 1.807) is 20.8 Å². The highest BCUT2D eigenvalue weighted by Crippen LogP contribution is 2.37. The zero-order valence-electron chi connectivity index (χ0n) is 9.93. The number of hydrogen-bond donors (Lipinski definition) is 3. The van der Waals surface area contributed by atoms with E-state index in [1.165, 1.54) is 6.07 Å². The van der Waals surface area contributed by atoms with E-state index in [-0.39, 0.29) is 11.0 Å². The van der Waals surface area contributed by atoms with Crippen molar-refractivity contribution in [3.05, 3.63) is 21.9 Å². The number of halogens is 2. The number of anilines is 1. The molecule has 0 saturated carbocycles. The van der Waals surface area contributed by atoms with Gasteiger partial charge in [-0.05, 0) is 48.3 Å². The second-order valence-electron chi connectivity index (χ2n) is 4.49. The van der Waals surface area contributed by atoms with Crippen LogP contribution in [0.3, 0.4) is 0 Å². The summed E-state index contributed by atoms with van der Waals surface area (Å²) in [6.07, 6.45) is 0. The highest BCUT2D eigenvalue weighted by atomic mass is 79.9. The van der Waals surface area contributed by atoms with Gasteiger partial charge in [-0.25, -0.2) is 9.92 Å². The van der Waals surface area contributed by atoms with Crippen LogP contribution in [-0.4, -0.2) is 17.3 Å². The van der Waals surface area contributed by atoms with Crippen molar-refractivity contribution < 1.29 is 9.50 Å². The van der Waals surface area contributed by atoms with Crippen LogP contribution in [0.15, 0.2) is 15.7 Å². The van der Waals surface area contributed by atoms with Gasteiger partial charge < -0.3 is 10.4 Å². The van der Waals surface area contributed by atoms with Crippen molar-refractivity contribution in [2.45, 2.75) is 26.4 Å². The smallest absolute Gasteiger partial charge is 0.142 e. The van der Waals surface area contributed by atoms with Crippen molar-refractivity contribution in [2.75, 3.05) is 11.9 Å². The number of hydrogen-bond acceptors (Lipinski definition) is 4. The van der Waals surface area contributed by atoms with Gasteiger partial charge in [0.1, 0.15) is 11.5 Å². The molecule has 1 aromatic rings. The largest absolute Gasteiger partial charge is 0.389 e. The Morgan fingerprint density at radius 2 is 2.18 bits per heavy atom. The molecular formula is C11H15BrFN3O. The number of rotatable bonds is 4. The molecule has 17 heavy (non-hydrogen) atoms. The molecule has 4 nitrogen and oxygen atoms in total. The van der Waals surface area contributed by atoms with Crippen LogP contribution >= 0.6 is 15.9 Å². The minimum atomic E-state index is -0.930. The van der Waals surface area contributed by atoms with E-state index in [0.717, 1.165) is 0 Å². The summed E-state index contributed by atoms with van der Waals surface area (Å²) in [5, 5.41) is 15.8. The number of aliphatic hydroxyl groups is 1. The molecule has 0 heterocycles. The Hall–Kier alpha value is -1.01. The second-order valence-corrected chi connectivity index (χ2v) is 5.29. The van der Waals surface area contributed by atoms with Crippen molar-refractivity contribution in [3.8, 4) is 0 Å². The van der Waals surface area contributed by atoms with Gasteiger partial charge >= 0.3 is 0 Å². The summed E-state index contributed by atoms with van der Waals surface area (Å²) in [6.45, 7) is 5.11. The highest BCUT2D eigenvalue weighted by Gasteiger charge is 2.18. The van der Waals surface area contributed by atoms with Crippen molar-refractivity contribution >= 4 is 27.3 Å². The molecule has 0 aliphatic carbocycles. The van der Waals surface area contributed by atoms with Gasteiger partial charge in [-0.1, -0.05) is 0 Å². The van der Waals surface area contributed by atoms with Crippen LogP contribution < -0.4 is 5.32 Å². The van der Waals surface area contributed by atoms with E-state index in [9.17, 15) is 9.50 Å². The van der Waals surface area contributed by atoms with Crippen LogP contribution in [0.5, 0.6) is 0 Å². The maximum atomic E-state index is 13.7. The van der Waals surface area contributed by atoms with Gasteiger partial charge in [-0.3, -0.25) is 0 Å². The summed E-state index contributed by atoms with van der Waals surface area (Å²) in [4.78, 5) is 0. The number of nitrogens with one attached hydrogen (secondary N) is 2. The van der Waals surface area contributed by atoms with Gasteiger partial charge in [-0.15, -0.1) is 0 Å². The molecule has 94 valence electrons.